The fourth-order valence-corrected chi connectivity index (χ4v) is 11.7. The number of hydrogen-bond donors (Lipinski definition) is 1. The van der Waals surface area contributed by atoms with Crippen LogP contribution in [-0.4, -0.2) is 113 Å². The minimum atomic E-state index is -3.96. The molecule has 294 valence electrons. The monoisotopic (exact) mass is 780 g/mol. The van der Waals surface area contributed by atoms with E-state index in [0.717, 1.165) is 102 Å². The van der Waals surface area contributed by atoms with Crippen LogP contribution in [0.1, 0.15) is 74.4 Å². The van der Waals surface area contributed by atoms with Gasteiger partial charge in [-0.3, -0.25) is 14.6 Å². The van der Waals surface area contributed by atoms with Crippen LogP contribution in [0.4, 0.5) is 5.69 Å². The molecule has 2 aromatic carbocycles. The lowest BCUT2D eigenvalue weighted by Gasteiger charge is -2.54. The van der Waals surface area contributed by atoms with Gasteiger partial charge in [-0.25, -0.2) is 13.1 Å². The number of rotatable bonds is 4. The number of hydrogen-bond acceptors (Lipinski definition) is 9. The van der Waals surface area contributed by atoms with E-state index in [1.54, 1.807) is 13.0 Å². The Balaban J connectivity index is 1.16. The Morgan fingerprint density at radius 2 is 1.83 bits per heavy atom. The number of sulfonamides is 1. The van der Waals surface area contributed by atoms with Crippen molar-refractivity contribution in [2.75, 3.05) is 77.6 Å². The molecule has 0 aromatic heterocycles. The minimum absolute atomic E-state index is 0.133. The molecule has 1 N–H and O–H groups in total. The maximum Gasteiger partial charge on any atom is 0.264 e. The molecule has 0 radical (unpaired) electrons. The fraction of sp³-hybridized carbons (Fsp3) is 0.643. The van der Waals surface area contributed by atoms with Crippen LogP contribution in [0.5, 0.6) is 5.75 Å². The molecule has 8 rings (SSSR count). The largest absolute Gasteiger partial charge is 0.490 e. The summed E-state index contributed by atoms with van der Waals surface area (Å²) in [7, 11) is -2.10. The van der Waals surface area contributed by atoms with Crippen molar-refractivity contribution in [2.24, 2.45) is 17.8 Å². The zero-order valence-electron chi connectivity index (χ0n) is 32.3. The van der Waals surface area contributed by atoms with Gasteiger partial charge >= 0.3 is 0 Å². The Morgan fingerprint density at radius 3 is 2.54 bits per heavy atom. The van der Waals surface area contributed by atoms with E-state index in [1.165, 1.54) is 11.1 Å². The number of aryl methyl sites for hydroxylation is 1. The standard InChI is InChI=1S/C42H57ClN4O6S/c1-29-7-5-16-42(51-4,25-45-17-19-47(20-18-45)40(3)26-52-27-40)36-12-9-33(36)23-46-24-41(15-6-8-31-21-34(43)11-13-35(31)41)28-53-38-14-10-32(22-37(38)46)39(48)44-54(49,50)30(29)2/h5,10-11,13-14,16,21-22,29-30,33,36H,6-9,12,15,17-20,23-28H2,1-4H3,(H,44,48)/b16-5+/t29-,30+,33-,36+,41-,42+/m0/s1. The summed E-state index contributed by atoms with van der Waals surface area (Å²) >= 11 is 6.51. The zero-order chi connectivity index (χ0) is 37.9. The molecule has 0 unspecified atom stereocenters. The molecule has 2 aliphatic carbocycles. The molecule has 12 heteroatoms. The molecule has 2 aromatic rings. The molecule has 6 aliphatic rings. The van der Waals surface area contributed by atoms with Gasteiger partial charge in [0.25, 0.3) is 5.91 Å². The molecule has 4 aliphatic heterocycles. The number of methoxy groups -OCH3 is 1. The van der Waals surface area contributed by atoms with Crippen molar-refractivity contribution in [2.45, 2.75) is 81.1 Å². The van der Waals surface area contributed by atoms with Crippen molar-refractivity contribution >= 4 is 33.2 Å². The normalized spacial score (nSPS) is 34.6. The van der Waals surface area contributed by atoms with Crippen molar-refractivity contribution in [3.63, 3.8) is 0 Å². The maximum atomic E-state index is 13.7. The second-order valence-electron chi connectivity index (χ2n) is 17.4. The lowest BCUT2D eigenvalue weighted by atomic mass is 9.63. The number of benzene rings is 2. The van der Waals surface area contributed by atoms with E-state index in [4.69, 9.17) is 25.8 Å². The summed E-state index contributed by atoms with van der Waals surface area (Å²) in [4.78, 5) is 21.3. The highest BCUT2D eigenvalue weighted by molar-refractivity contribution is 7.90. The van der Waals surface area contributed by atoms with Crippen LogP contribution in [0.15, 0.2) is 48.6 Å². The number of allylic oxidation sites excluding steroid dienone is 1. The Labute approximate surface area is 326 Å². The highest BCUT2D eigenvalue weighted by Gasteiger charge is 2.50. The van der Waals surface area contributed by atoms with Crippen LogP contribution >= 0.6 is 11.6 Å². The number of carbonyl (C=O) groups excluding carboxylic acids is 1. The molecule has 1 amide bonds. The van der Waals surface area contributed by atoms with Gasteiger partial charge < -0.3 is 19.1 Å². The van der Waals surface area contributed by atoms with Gasteiger partial charge in [0.05, 0.1) is 36.3 Å². The molecule has 1 saturated carbocycles. The second-order valence-corrected chi connectivity index (χ2v) is 19.9. The van der Waals surface area contributed by atoms with Crippen molar-refractivity contribution < 1.29 is 27.4 Å². The molecule has 10 nitrogen and oxygen atoms in total. The highest BCUT2D eigenvalue weighted by atomic mass is 35.5. The molecular formula is C42H57ClN4O6S. The summed E-state index contributed by atoms with van der Waals surface area (Å²) < 4.78 is 48.7. The smallest absolute Gasteiger partial charge is 0.264 e. The topological polar surface area (TPSA) is 101 Å². The van der Waals surface area contributed by atoms with Crippen molar-refractivity contribution in [1.82, 2.24) is 14.5 Å². The number of amides is 1. The SMILES string of the molecule is CO[C@@]1(CN2CCN(C3(C)COC3)CC2)/C=C/C[C@H](C)[C@@H](C)S(=O)(=O)NC(=O)c2ccc3c(c2)N(C[C@@H]2CC[C@H]21)C[C@@]1(CCCc2cc(Cl)ccc21)CO3. The number of ether oxygens (including phenoxy) is 3. The number of nitrogens with zero attached hydrogens (tertiary/aromatic N) is 3. The number of piperazine rings is 1. The van der Waals surface area contributed by atoms with Gasteiger partial charge in [-0.05, 0) is 112 Å². The summed E-state index contributed by atoms with van der Waals surface area (Å²) in [6.07, 6.45) is 10.1. The number of fused-ring (bicyclic) bond motifs is 4. The quantitative estimate of drug-likeness (QED) is 0.394. The molecule has 2 bridgehead atoms. The van der Waals surface area contributed by atoms with Gasteiger partial charge in [0, 0.05) is 68.9 Å². The van der Waals surface area contributed by atoms with Crippen molar-refractivity contribution in [3.8, 4) is 5.75 Å². The first-order valence-corrected chi connectivity index (χ1v) is 21.9. The first-order valence-electron chi connectivity index (χ1n) is 20.0. The third-order valence-corrected chi connectivity index (χ3v) is 16.2. The fourth-order valence-electron chi connectivity index (χ4n) is 10.2. The third-order valence-electron chi connectivity index (χ3n) is 14.0. The number of anilines is 1. The molecular weight excluding hydrogens is 724 g/mol. The molecule has 1 spiro atoms. The Bertz CT molecular complexity index is 1880. The molecule has 4 heterocycles. The van der Waals surface area contributed by atoms with E-state index >= 15 is 0 Å². The van der Waals surface area contributed by atoms with E-state index in [0.29, 0.717) is 30.3 Å². The van der Waals surface area contributed by atoms with Crippen LogP contribution in [0.2, 0.25) is 5.02 Å². The predicted octanol–water partition coefficient (Wildman–Crippen LogP) is 5.68. The number of nitrogens with one attached hydrogen (secondary N) is 1. The summed E-state index contributed by atoms with van der Waals surface area (Å²) in [5, 5.41) is -0.0328. The third kappa shape index (κ3) is 7.00. The Hall–Kier alpha value is -2.67. The van der Waals surface area contributed by atoms with Gasteiger partial charge in [0.2, 0.25) is 10.0 Å². The van der Waals surface area contributed by atoms with Gasteiger partial charge in [0.15, 0.2) is 0 Å². The van der Waals surface area contributed by atoms with Gasteiger partial charge in [-0.15, -0.1) is 0 Å². The summed E-state index contributed by atoms with van der Waals surface area (Å²) in [5.74, 6) is 0.467. The van der Waals surface area contributed by atoms with E-state index in [1.807, 2.05) is 32.2 Å². The van der Waals surface area contributed by atoms with Gasteiger partial charge in [-0.2, -0.15) is 0 Å². The first-order chi connectivity index (χ1) is 25.8. The van der Waals surface area contributed by atoms with Gasteiger partial charge in [-0.1, -0.05) is 36.7 Å². The Morgan fingerprint density at radius 1 is 1.04 bits per heavy atom. The minimum Gasteiger partial charge on any atom is -0.490 e. The molecule has 6 atom stereocenters. The summed E-state index contributed by atoms with van der Waals surface area (Å²) in [5.41, 5.74) is 3.02. The van der Waals surface area contributed by atoms with Crippen LogP contribution in [-0.2, 0) is 31.3 Å². The van der Waals surface area contributed by atoms with E-state index in [2.05, 4.69) is 50.6 Å². The van der Waals surface area contributed by atoms with E-state index in [-0.39, 0.29) is 22.8 Å². The zero-order valence-corrected chi connectivity index (χ0v) is 33.9. The number of carbonyl (C=O) groups is 1. The summed E-state index contributed by atoms with van der Waals surface area (Å²) in [6, 6.07) is 11.7. The molecule has 54 heavy (non-hydrogen) atoms. The van der Waals surface area contributed by atoms with Crippen LogP contribution in [0, 0.1) is 17.8 Å². The lowest BCUT2D eigenvalue weighted by Crippen LogP contribution is -2.66. The predicted molar refractivity (Wildman–Crippen MR) is 212 cm³/mol. The average molecular weight is 781 g/mol. The van der Waals surface area contributed by atoms with E-state index < -0.39 is 26.8 Å². The second kappa shape index (κ2) is 14.7. The number of halogens is 1. The van der Waals surface area contributed by atoms with Crippen LogP contribution in [0.25, 0.3) is 0 Å². The van der Waals surface area contributed by atoms with E-state index in [9.17, 15) is 13.2 Å². The average Bonchev–Trinajstić information content (AvgIpc) is 3.28. The van der Waals surface area contributed by atoms with Crippen LogP contribution in [0.3, 0.4) is 0 Å². The maximum absolute atomic E-state index is 13.7. The summed E-state index contributed by atoms with van der Waals surface area (Å²) in [6.45, 7) is 14.2. The van der Waals surface area contributed by atoms with Crippen molar-refractivity contribution in [3.05, 3.63) is 70.3 Å². The first kappa shape index (κ1) is 38.2. The molecule has 3 fully saturated rings. The van der Waals surface area contributed by atoms with Crippen LogP contribution < -0.4 is 14.4 Å². The highest BCUT2D eigenvalue weighted by Crippen LogP contribution is 2.49. The molecule has 2 saturated heterocycles. The Kier molecular flexibility index (Phi) is 10.4. The van der Waals surface area contributed by atoms with Gasteiger partial charge in [0.1, 0.15) is 11.4 Å². The lowest BCUT2D eigenvalue weighted by molar-refractivity contribution is -0.146. The van der Waals surface area contributed by atoms with Crippen molar-refractivity contribution in [1.29, 1.82) is 0 Å².